The number of aliphatic hydroxyl groups excluding tert-OH is 1. The number of hydrogen-bond acceptors (Lipinski definition) is 25. The average molecular weight is 1850 g/mol. The lowest BCUT2D eigenvalue weighted by Gasteiger charge is -2.31. The largest absolute Gasteiger partial charge is 0.387 e. The molecule has 20 heterocycles. The van der Waals surface area contributed by atoms with Crippen LogP contribution in [0.25, 0.3) is 87.7 Å². The van der Waals surface area contributed by atoms with Gasteiger partial charge in [-0.1, -0.05) is 65.8 Å². The highest BCUT2D eigenvalue weighted by Crippen LogP contribution is 2.45. The molecule has 710 valence electrons. The highest BCUT2D eigenvalue weighted by molar-refractivity contribution is 6.09. The zero-order valence-electron chi connectivity index (χ0n) is 80.5. The van der Waals surface area contributed by atoms with E-state index in [1.54, 1.807) is 18.7 Å². The van der Waals surface area contributed by atoms with Gasteiger partial charge in [-0.25, -0.2) is 39.9 Å². The van der Waals surface area contributed by atoms with Crippen molar-refractivity contribution in [2.75, 3.05) is 54.1 Å². The first kappa shape index (κ1) is 90.7. The van der Waals surface area contributed by atoms with Crippen LogP contribution < -0.4 is 26.6 Å². The standard InChI is InChI=1S/C27H31N7O2.2C27H31N7O.C25H29N7/c1-16-3-6-19(7-4-16)34-23-13-28-17(2)11-20(23)21-12-29-27(32-26(21)34)31-24-8-5-18-14-33(25(36)15-35)10-9-22(18)30-24;2*1-16-4-7-20(8-5-16)34-23-13-28-11-10-21(23)22-12-29-27(32-26(22)34)31-24-9-6-19-15-33(18(3)35)14-17(2)25(19)30-24;1-15-3-6-18(7-4-15)32-22-14-27-16(2)11-19(22)20-13-28-25(31-24(20)32)30-23-8-5-17-12-26-10-9-21(17)29-23/h5,8,11-13,16,19,35H,3-4,6-7,9-10,14-15H2,1-2H3,(H,29,30,31,32);2*6,9-13,16-17,20H,4-5,7-8,14-15H2,1-3H3,(H,29,30,31,32);5,8,11,13-15,18,26H,3-4,6-7,9-10,12H2,1-2H3,(H,28,29,30,31)/t;2*16?,17-,20?;/m.10./s1. The van der Waals surface area contributed by atoms with Crippen molar-refractivity contribution >= 4 is 153 Å². The SMILES string of the molecule is CC(=O)N1Cc2ccc(Nc3ncc4c5ccncc5n(C5CCC(C)CC5)c4n3)nc2[C@@H](C)C1.CC(=O)N1Cc2ccc(Nc3ncc4c5ccncc5n(C5CCC(C)CC5)c4n3)nc2[C@H](C)C1.Cc1cc2c3cnc(Nc4ccc5c(n4)CCN(C(=O)CO)C5)nc3n(C3CCC(C)CC3)c2cn1.Cc1cc2c3cnc(Nc4ccc5c(n4)CCNC5)nc3n(C3CCC(C)CC3)c2cn1. The number of aryl methyl sites for hydroxylation is 2. The Bertz CT molecular complexity index is 7100. The monoisotopic (exact) mass is 1850 g/mol. The van der Waals surface area contributed by atoms with E-state index in [0.29, 0.717) is 99.5 Å². The fraction of sp³-hybridized carbons (Fsp3) is 0.443. The fourth-order valence-electron chi connectivity index (χ4n) is 22.5. The maximum Gasteiger partial charge on any atom is 0.248 e. The lowest BCUT2D eigenvalue weighted by molar-refractivity contribution is -0.135. The van der Waals surface area contributed by atoms with E-state index in [1.165, 1.54) is 75.2 Å². The van der Waals surface area contributed by atoms with Crippen molar-refractivity contribution in [3.63, 3.8) is 0 Å². The zero-order valence-corrected chi connectivity index (χ0v) is 80.5. The van der Waals surface area contributed by atoms with Gasteiger partial charge < -0.3 is 64.7 Å². The van der Waals surface area contributed by atoms with Gasteiger partial charge in [-0.2, -0.15) is 19.9 Å². The number of amides is 3. The molecule has 32 nitrogen and oxygen atoms in total. The molecule has 4 aliphatic carbocycles. The number of aliphatic hydroxyl groups is 1. The fourth-order valence-corrected chi connectivity index (χ4v) is 22.5. The van der Waals surface area contributed by atoms with Crippen LogP contribution in [0.15, 0.2) is 135 Å². The minimum Gasteiger partial charge on any atom is -0.387 e. The summed E-state index contributed by atoms with van der Waals surface area (Å²) >= 11 is 0. The summed E-state index contributed by atoms with van der Waals surface area (Å²) in [5.74, 6) is 8.57. The molecule has 4 fully saturated rings. The Kier molecular flexibility index (Phi) is 25.4. The highest BCUT2D eigenvalue weighted by atomic mass is 16.3. The van der Waals surface area contributed by atoms with Crippen LogP contribution in [0.1, 0.15) is 251 Å². The van der Waals surface area contributed by atoms with Crippen molar-refractivity contribution < 1.29 is 19.5 Å². The molecular formula is C106H122N28O4. The van der Waals surface area contributed by atoms with Gasteiger partial charge >= 0.3 is 0 Å². The van der Waals surface area contributed by atoms with Gasteiger partial charge in [0, 0.05) is 218 Å². The van der Waals surface area contributed by atoms with Gasteiger partial charge in [0.1, 0.15) is 52.5 Å². The molecule has 4 aliphatic heterocycles. The molecule has 0 bridgehead atoms. The second-order valence-electron chi connectivity index (χ2n) is 40.2. The Morgan fingerprint density at radius 2 is 0.710 bits per heavy atom. The third kappa shape index (κ3) is 18.4. The third-order valence-corrected chi connectivity index (χ3v) is 30.2. The number of pyridine rings is 8. The Labute approximate surface area is 801 Å². The number of hydrogen-bond donors (Lipinski definition) is 6. The molecule has 0 unspecified atom stereocenters. The van der Waals surface area contributed by atoms with Gasteiger partial charge in [0.2, 0.25) is 41.5 Å². The van der Waals surface area contributed by atoms with Crippen LogP contribution in [0, 0.1) is 37.5 Å². The lowest BCUT2D eigenvalue weighted by atomic mass is 9.87. The second-order valence-corrected chi connectivity index (χ2v) is 40.2. The number of carbonyl (C=O) groups excluding carboxylic acids is 3. The number of rotatable bonds is 13. The van der Waals surface area contributed by atoms with Crippen molar-refractivity contribution in [3.05, 3.63) is 191 Å². The Balaban J connectivity index is 0.000000110. The van der Waals surface area contributed by atoms with Crippen LogP contribution in [0.2, 0.25) is 0 Å². The van der Waals surface area contributed by atoms with E-state index in [1.807, 2.05) is 116 Å². The summed E-state index contributed by atoms with van der Waals surface area (Å²) in [7, 11) is 0. The maximum atomic E-state index is 11.9. The van der Waals surface area contributed by atoms with Crippen LogP contribution in [0.3, 0.4) is 0 Å². The molecular weight excluding hydrogens is 1730 g/mol. The normalized spacial score (nSPS) is 21.5. The van der Waals surface area contributed by atoms with E-state index < -0.39 is 6.61 Å². The number of aromatic nitrogens is 20. The first-order valence-electron chi connectivity index (χ1n) is 49.7. The van der Waals surface area contributed by atoms with Crippen LogP contribution >= 0.6 is 0 Å². The van der Waals surface area contributed by atoms with E-state index in [4.69, 9.17) is 45.0 Å². The number of carbonyl (C=O) groups is 3. The molecule has 16 aromatic rings. The second kappa shape index (κ2) is 38.7. The molecule has 2 atom stereocenters. The first-order chi connectivity index (χ1) is 67.1. The highest BCUT2D eigenvalue weighted by Gasteiger charge is 2.34. The number of nitrogens with zero attached hydrogens (tertiary/aromatic N) is 23. The van der Waals surface area contributed by atoms with Crippen LogP contribution in [-0.4, -0.2) is 168 Å². The molecule has 138 heavy (non-hydrogen) atoms. The van der Waals surface area contributed by atoms with Crippen molar-refractivity contribution in [1.29, 1.82) is 0 Å². The Hall–Kier alpha value is -13.8. The first-order valence-corrected chi connectivity index (χ1v) is 49.7. The molecule has 16 aromatic heterocycles. The number of nitrogens with one attached hydrogen (secondary N) is 5. The van der Waals surface area contributed by atoms with Gasteiger partial charge in [0.15, 0.2) is 0 Å². The Morgan fingerprint density at radius 3 is 1.09 bits per heavy atom. The van der Waals surface area contributed by atoms with Crippen molar-refractivity contribution in [2.45, 2.75) is 247 Å². The summed E-state index contributed by atoms with van der Waals surface area (Å²) in [6, 6.07) is 26.2. The van der Waals surface area contributed by atoms with Crippen molar-refractivity contribution in [2.24, 2.45) is 23.7 Å². The number of fused-ring (bicyclic) bond motifs is 16. The zero-order chi connectivity index (χ0) is 94.7. The van der Waals surface area contributed by atoms with Crippen LogP contribution in [-0.2, 0) is 53.4 Å². The minimum absolute atomic E-state index is 0.101. The molecule has 24 rings (SSSR count). The van der Waals surface area contributed by atoms with E-state index in [2.05, 4.69) is 169 Å². The third-order valence-electron chi connectivity index (χ3n) is 30.2. The number of anilines is 8. The minimum atomic E-state index is -0.464. The van der Waals surface area contributed by atoms with Crippen molar-refractivity contribution in [3.8, 4) is 0 Å². The molecule has 6 N–H and O–H groups in total. The quantitative estimate of drug-likeness (QED) is 0.0624. The van der Waals surface area contributed by atoms with Crippen molar-refractivity contribution in [1.82, 2.24) is 118 Å². The van der Waals surface area contributed by atoms with Gasteiger partial charge in [0.05, 0.1) is 58.2 Å². The average Bonchev–Trinajstić information content (AvgIpc) is 1.61. The Morgan fingerprint density at radius 1 is 0.370 bits per heavy atom. The molecule has 8 aliphatic rings. The molecule has 4 saturated carbocycles. The summed E-state index contributed by atoms with van der Waals surface area (Å²) in [5, 5.41) is 34.8. The summed E-state index contributed by atoms with van der Waals surface area (Å²) < 4.78 is 9.56. The summed E-state index contributed by atoms with van der Waals surface area (Å²) in [6.07, 6.45) is 40.1. The lowest BCUT2D eigenvalue weighted by Crippen LogP contribution is -2.37. The van der Waals surface area contributed by atoms with E-state index in [9.17, 15) is 14.4 Å². The van der Waals surface area contributed by atoms with E-state index in [0.717, 1.165) is 232 Å². The van der Waals surface area contributed by atoms with Gasteiger partial charge in [-0.05, 0) is 211 Å². The topological polar surface area (TPSA) is 367 Å². The van der Waals surface area contributed by atoms with Gasteiger partial charge in [0.25, 0.3) is 0 Å². The molecule has 0 aromatic carbocycles. The molecule has 32 heteroatoms. The molecule has 3 amide bonds. The molecule has 0 saturated heterocycles. The smallest absolute Gasteiger partial charge is 0.248 e. The summed E-state index contributed by atoms with van der Waals surface area (Å²) in [6.45, 7) is 25.9. The summed E-state index contributed by atoms with van der Waals surface area (Å²) in [5.41, 5.74) is 19.0. The van der Waals surface area contributed by atoms with E-state index in [-0.39, 0.29) is 29.6 Å². The molecule has 0 spiro atoms. The van der Waals surface area contributed by atoms with E-state index >= 15 is 0 Å². The summed E-state index contributed by atoms with van der Waals surface area (Å²) in [4.78, 5) is 117. The maximum absolute atomic E-state index is 11.9. The predicted octanol–water partition coefficient (Wildman–Crippen LogP) is 19.5. The van der Waals surface area contributed by atoms with Gasteiger partial charge in [-0.3, -0.25) is 34.3 Å². The molecule has 0 radical (unpaired) electrons. The van der Waals surface area contributed by atoms with Crippen LogP contribution in [0.4, 0.5) is 47.1 Å². The van der Waals surface area contributed by atoms with Crippen LogP contribution in [0.5, 0.6) is 0 Å². The predicted molar refractivity (Wildman–Crippen MR) is 538 cm³/mol. The van der Waals surface area contributed by atoms with Gasteiger partial charge in [-0.15, -0.1) is 0 Å².